The molecule has 4 rings (SSSR count). The second-order valence-electron chi connectivity index (χ2n) is 5.42. The number of halogens is 1. The van der Waals surface area contributed by atoms with Crippen molar-refractivity contribution in [2.24, 2.45) is 0 Å². The number of thiophene rings is 1. The minimum atomic E-state index is -1.09. The number of thiazole rings is 1. The largest absolute Gasteiger partial charge is 0.476 e. The van der Waals surface area contributed by atoms with E-state index in [-0.39, 0.29) is 5.69 Å². The van der Waals surface area contributed by atoms with E-state index < -0.39 is 5.97 Å². The van der Waals surface area contributed by atoms with Crippen molar-refractivity contribution < 1.29 is 14.4 Å². The number of aryl methyl sites for hydroxylation is 1. The summed E-state index contributed by atoms with van der Waals surface area (Å²) in [5.41, 5.74) is 1.24. The maximum absolute atomic E-state index is 11.3. The molecule has 0 radical (unpaired) electrons. The summed E-state index contributed by atoms with van der Waals surface area (Å²) in [6.45, 7) is 2.20. The fraction of sp³-hybridized carbons (Fsp3) is 0.125. The lowest BCUT2D eigenvalue weighted by Gasteiger charge is -2.02. The van der Waals surface area contributed by atoms with Gasteiger partial charge in [-0.2, -0.15) is 0 Å². The predicted octanol–water partition coefficient (Wildman–Crippen LogP) is 4.43. The zero-order valence-corrected chi connectivity index (χ0v) is 15.7. The van der Waals surface area contributed by atoms with Crippen molar-refractivity contribution in [3.05, 3.63) is 50.5 Å². The molecule has 4 heterocycles. The second kappa shape index (κ2) is 6.67. The number of hydrogen-bond acceptors (Lipinski definition) is 7. The van der Waals surface area contributed by atoms with Gasteiger partial charge >= 0.3 is 5.97 Å². The first kappa shape index (κ1) is 17.0. The van der Waals surface area contributed by atoms with Crippen LogP contribution in [0.3, 0.4) is 0 Å². The summed E-state index contributed by atoms with van der Waals surface area (Å²) in [5, 5.41) is 16.1. The molecule has 4 aromatic rings. The van der Waals surface area contributed by atoms with Crippen molar-refractivity contribution in [2.45, 2.75) is 13.5 Å². The number of carboxylic acids is 1. The number of aromatic carboxylic acids is 1. The average molecular weight is 407 g/mol. The Bertz CT molecular complexity index is 1090. The Hall–Kier alpha value is -2.49. The van der Waals surface area contributed by atoms with Crippen LogP contribution in [0.1, 0.15) is 21.2 Å². The highest BCUT2D eigenvalue weighted by Gasteiger charge is 2.18. The molecule has 0 atom stereocenters. The third kappa shape index (κ3) is 3.28. The summed E-state index contributed by atoms with van der Waals surface area (Å²) in [6, 6.07) is 5.46. The lowest BCUT2D eigenvalue weighted by Crippen LogP contribution is -2.01. The molecule has 0 saturated heterocycles. The van der Waals surface area contributed by atoms with Crippen LogP contribution in [0.4, 0.5) is 0 Å². The Balaban J connectivity index is 1.67. The van der Waals surface area contributed by atoms with E-state index in [4.69, 9.17) is 16.1 Å². The molecule has 132 valence electrons. The molecule has 0 aliphatic heterocycles. The average Bonchev–Trinajstić information content (AvgIpc) is 3.34. The van der Waals surface area contributed by atoms with Crippen molar-refractivity contribution in [2.75, 3.05) is 0 Å². The van der Waals surface area contributed by atoms with Gasteiger partial charge < -0.3 is 14.2 Å². The van der Waals surface area contributed by atoms with Gasteiger partial charge in [0.15, 0.2) is 17.3 Å². The van der Waals surface area contributed by atoms with Gasteiger partial charge in [-0.3, -0.25) is 0 Å². The standard InChI is InChI=1S/C16H11ClN4O3S2/c1-8-18-11(7-25-8)15-19-10(16(22)23)6-21(15)5-9-4-12(24-20-9)13-2-3-14(17)26-13/h2-4,6-7H,5H2,1H3,(H,22,23). The normalized spacial score (nSPS) is 11.2. The van der Waals surface area contributed by atoms with E-state index in [2.05, 4.69) is 15.1 Å². The van der Waals surface area contributed by atoms with Gasteiger partial charge in [-0.15, -0.1) is 22.7 Å². The Labute approximate surface area is 160 Å². The maximum Gasteiger partial charge on any atom is 0.356 e. The third-order valence-corrected chi connectivity index (χ3v) is 5.57. The van der Waals surface area contributed by atoms with E-state index in [1.807, 2.05) is 18.4 Å². The highest BCUT2D eigenvalue weighted by Crippen LogP contribution is 2.31. The Morgan fingerprint density at radius 3 is 2.88 bits per heavy atom. The molecule has 0 saturated carbocycles. The van der Waals surface area contributed by atoms with E-state index in [9.17, 15) is 9.90 Å². The Kier molecular flexibility index (Phi) is 4.35. The van der Waals surface area contributed by atoms with Gasteiger partial charge in [0, 0.05) is 17.6 Å². The molecule has 4 aromatic heterocycles. The molecular weight excluding hydrogens is 396 g/mol. The molecule has 0 spiro atoms. The van der Waals surface area contributed by atoms with Crippen molar-refractivity contribution in [3.63, 3.8) is 0 Å². The zero-order chi connectivity index (χ0) is 18.3. The number of hydrogen-bond donors (Lipinski definition) is 1. The van der Waals surface area contributed by atoms with Crippen LogP contribution in [-0.2, 0) is 6.54 Å². The first-order valence-electron chi connectivity index (χ1n) is 7.44. The first-order chi connectivity index (χ1) is 12.5. The minimum Gasteiger partial charge on any atom is -0.476 e. The molecule has 0 bridgehead atoms. The Morgan fingerprint density at radius 2 is 2.23 bits per heavy atom. The number of carboxylic acid groups (broad SMARTS) is 1. The predicted molar refractivity (Wildman–Crippen MR) is 99.0 cm³/mol. The molecule has 7 nitrogen and oxygen atoms in total. The molecule has 0 fully saturated rings. The van der Waals surface area contributed by atoms with E-state index in [0.717, 1.165) is 9.88 Å². The number of carbonyl (C=O) groups is 1. The SMILES string of the molecule is Cc1nc(-c2nc(C(=O)O)cn2Cc2cc(-c3ccc(Cl)s3)on2)cs1. The van der Waals surface area contributed by atoms with E-state index >= 15 is 0 Å². The van der Waals surface area contributed by atoms with Crippen molar-refractivity contribution in [1.29, 1.82) is 0 Å². The summed E-state index contributed by atoms with van der Waals surface area (Å²) in [4.78, 5) is 20.8. The molecule has 0 unspecified atom stereocenters. The van der Waals surface area contributed by atoms with Gasteiger partial charge in [-0.25, -0.2) is 14.8 Å². The molecule has 0 aromatic carbocycles. The van der Waals surface area contributed by atoms with Gasteiger partial charge in [0.1, 0.15) is 11.4 Å². The first-order valence-corrected chi connectivity index (χ1v) is 9.51. The highest BCUT2D eigenvalue weighted by molar-refractivity contribution is 7.19. The summed E-state index contributed by atoms with van der Waals surface area (Å²) in [5.74, 6) is 0.00279. The molecule has 0 amide bonds. The summed E-state index contributed by atoms with van der Waals surface area (Å²) >= 11 is 8.83. The van der Waals surface area contributed by atoms with Crippen LogP contribution in [0, 0.1) is 6.92 Å². The van der Waals surface area contributed by atoms with Crippen LogP contribution >= 0.6 is 34.3 Å². The Morgan fingerprint density at radius 1 is 1.38 bits per heavy atom. The lowest BCUT2D eigenvalue weighted by molar-refractivity contribution is 0.0691. The van der Waals surface area contributed by atoms with Crippen LogP contribution in [0.15, 0.2) is 34.3 Å². The molecule has 26 heavy (non-hydrogen) atoms. The fourth-order valence-corrected chi connectivity index (χ4v) is 4.02. The molecule has 0 aliphatic rings. The van der Waals surface area contributed by atoms with Gasteiger partial charge in [0.05, 0.1) is 20.8 Å². The van der Waals surface area contributed by atoms with Crippen LogP contribution in [0.25, 0.3) is 22.2 Å². The molecule has 1 N–H and O–H groups in total. The number of aromatic nitrogens is 4. The highest BCUT2D eigenvalue weighted by atomic mass is 35.5. The van der Waals surface area contributed by atoms with Crippen molar-refractivity contribution >= 4 is 40.2 Å². The topological polar surface area (TPSA) is 94.0 Å². The van der Waals surface area contributed by atoms with Crippen LogP contribution in [0.5, 0.6) is 0 Å². The summed E-state index contributed by atoms with van der Waals surface area (Å²) in [7, 11) is 0. The summed E-state index contributed by atoms with van der Waals surface area (Å²) < 4.78 is 7.75. The zero-order valence-electron chi connectivity index (χ0n) is 13.3. The van der Waals surface area contributed by atoms with Gasteiger partial charge in [0.2, 0.25) is 0 Å². The monoisotopic (exact) mass is 406 g/mol. The van der Waals surface area contributed by atoms with Crippen LogP contribution < -0.4 is 0 Å². The van der Waals surface area contributed by atoms with E-state index in [0.29, 0.717) is 33.9 Å². The van der Waals surface area contributed by atoms with Gasteiger partial charge in [-0.1, -0.05) is 16.8 Å². The summed E-state index contributed by atoms with van der Waals surface area (Å²) in [6.07, 6.45) is 1.47. The van der Waals surface area contributed by atoms with Gasteiger partial charge in [-0.05, 0) is 19.1 Å². The van der Waals surface area contributed by atoms with Crippen LogP contribution in [-0.4, -0.2) is 30.8 Å². The third-order valence-electron chi connectivity index (χ3n) is 3.55. The van der Waals surface area contributed by atoms with Crippen LogP contribution in [0.2, 0.25) is 4.34 Å². The molecule has 0 aliphatic carbocycles. The number of nitrogens with zero attached hydrogens (tertiary/aromatic N) is 4. The fourth-order valence-electron chi connectivity index (χ4n) is 2.43. The molecular formula is C16H11ClN4O3S2. The smallest absolute Gasteiger partial charge is 0.356 e. The number of imidazole rings is 1. The van der Waals surface area contributed by atoms with E-state index in [1.54, 1.807) is 16.7 Å². The second-order valence-corrected chi connectivity index (χ2v) is 8.20. The van der Waals surface area contributed by atoms with Gasteiger partial charge in [0.25, 0.3) is 0 Å². The van der Waals surface area contributed by atoms with Crippen molar-refractivity contribution in [3.8, 4) is 22.2 Å². The quantitative estimate of drug-likeness (QED) is 0.526. The van der Waals surface area contributed by atoms with Crippen molar-refractivity contribution in [1.82, 2.24) is 19.7 Å². The van der Waals surface area contributed by atoms with E-state index in [1.165, 1.54) is 28.9 Å². The maximum atomic E-state index is 11.3. The number of rotatable bonds is 5. The molecule has 10 heteroatoms. The lowest BCUT2D eigenvalue weighted by atomic mass is 10.3. The minimum absolute atomic E-state index is 0.0422.